The minimum Gasteiger partial charge on any atom is -0.299 e. The maximum Gasteiger partial charge on any atom is 0.143 e. The maximum absolute atomic E-state index is 13.0. The molecule has 4 nitrogen and oxygen atoms in total. The van der Waals surface area contributed by atoms with Crippen LogP contribution in [0.4, 0.5) is 0 Å². The zero-order chi connectivity index (χ0) is 26.3. The van der Waals surface area contributed by atoms with Crippen molar-refractivity contribution in [3.05, 3.63) is 35.4 Å². The molecule has 0 unspecified atom stereocenters. The third-order valence-corrected chi connectivity index (χ3v) is 9.42. The van der Waals surface area contributed by atoms with Crippen LogP contribution in [0, 0.1) is 22.7 Å². The van der Waals surface area contributed by atoms with Crippen LogP contribution in [0.15, 0.2) is 24.3 Å². The minimum absolute atomic E-state index is 0.0508. The Morgan fingerprint density at radius 3 is 1.25 bits per heavy atom. The molecule has 198 valence electrons. The minimum atomic E-state index is -0.999. The number of Topliss-reactive ketones (excluding diaryl/α,β-unsaturated/α-hetero) is 4. The van der Waals surface area contributed by atoms with E-state index in [0.717, 1.165) is 36.8 Å². The zero-order valence-electron chi connectivity index (χ0n) is 23.0. The van der Waals surface area contributed by atoms with E-state index in [-0.39, 0.29) is 23.1 Å². The molecule has 0 amide bonds. The average molecular weight is 495 g/mol. The predicted octanol–water partition coefficient (Wildman–Crippen LogP) is 7.04. The third-order valence-electron chi connectivity index (χ3n) is 9.42. The summed E-state index contributed by atoms with van der Waals surface area (Å²) in [4.78, 5) is 52.0. The molecule has 0 radical (unpaired) electrons. The molecule has 36 heavy (non-hydrogen) atoms. The van der Waals surface area contributed by atoms with Crippen LogP contribution in [0.25, 0.3) is 0 Å². The second-order valence-electron chi connectivity index (χ2n) is 12.0. The van der Waals surface area contributed by atoms with Gasteiger partial charge in [-0.05, 0) is 76.3 Å². The van der Waals surface area contributed by atoms with Crippen molar-refractivity contribution in [1.82, 2.24) is 0 Å². The molecule has 0 bridgehead atoms. The van der Waals surface area contributed by atoms with Gasteiger partial charge in [0.1, 0.15) is 23.1 Å². The van der Waals surface area contributed by atoms with E-state index >= 15 is 0 Å². The summed E-state index contributed by atoms with van der Waals surface area (Å²) >= 11 is 0. The molecule has 2 aliphatic rings. The van der Waals surface area contributed by atoms with Crippen LogP contribution < -0.4 is 0 Å². The highest BCUT2D eigenvalue weighted by Crippen LogP contribution is 2.41. The fourth-order valence-electron chi connectivity index (χ4n) is 7.03. The Bertz CT molecular complexity index is 845. The first-order valence-corrected chi connectivity index (χ1v) is 14.2. The van der Waals surface area contributed by atoms with Crippen molar-refractivity contribution in [2.75, 3.05) is 0 Å². The Hall–Kier alpha value is -2.10. The molecule has 4 heteroatoms. The third kappa shape index (κ3) is 6.61. The second-order valence-corrected chi connectivity index (χ2v) is 12.0. The van der Waals surface area contributed by atoms with Gasteiger partial charge in [-0.1, -0.05) is 88.5 Å². The summed E-state index contributed by atoms with van der Waals surface area (Å²) in [5, 5.41) is 0. The van der Waals surface area contributed by atoms with E-state index < -0.39 is 10.8 Å². The van der Waals surface area contributed by atoms with Crippen molar-refractivity contribution < 1.29 is 19.2 Å². The van der Waals surface area contributed by atoms with Crippen molar-refractivity contribution >= 4 is 23.1 Å². The van der Waals surface area contributed by atoms with E-state index in [0.29, 0.717) is 37.5 Å². The summed E-state index contributed by atoms with van der Waals surface area (Å²) in [6.45, 7) is 6.26. The summed E-state index contributed by atoms with van der Waals surface area (Å²) in [5.74, 6) is 0.618. The molecule has 3 rings (SSSR count). The lowest BCUT2D eigenvalue weighted by Gasteiger charge is -2.35. The lowest BCUT2D eigenvalue weighted by atomic mass is 9.66. The monoisotopic (exact) mass is 494 g/mol. The maximum atomic E-state index is 13.0. The van der Waals surface area contributed by atoms with Crippen molar-refractivity contribution in [1.29, 1.82) is 0 Å². The number of hydrogen-bond donors (Lipinski definition) is 0. The predicted molar refractivity (Wildman–Crippen MR) is 144 cm³/mol. The lowest BCUT2D eigenvalue weighted by Crippen LogP contribution is -2.41. The van der Waals surface area contributed by atoms with Gasteiger partial charge in [0.15, 0.2) is 0 Å². The first-order chi connectivity index (χ1) is 17.1. The largest absolute Gasteiger partial charge is 0.299 e. The Morgan fingerprint density at radius 2 is 0.944 bits per heavy atom. The molecule has 1 aromatic carbocycles. The van der Waals surface area contributed by atoms with Crippen LogP contribution >= 0.6 is 0 Å². The van der Waals surface area contributed by atoms with E-state index in [2.05, 4.69) is 0 Å². The van der Waals surface area contributed by atoms with Gasteiger partial charge in [-0.3, -0.25) is 19.2 Å². The van der Waals surface area contributed by atoms with Crippen molar-refractivity contribution in [2.24, 2.45) is 22.7 Å². The van der Waals surface area contributed by atoms with Gasteiger partial charge >= 0.3 is 0 Å². The van der Waals surface area contributed by atoms with Gasteiger partial charge in [0.25, 0.3) is 0 Å². The van der Waals surface area contributed by atoms with Crippen LogP contribution in [0.1, 0.15) is 116 Å². The Balaban J connectivity index is 1.88. The van der Waals surface area contributed by atoms with E-state index in [9.17, 15) is 19.2 Å². The topological polar surface area (TPSA) is 68.3 Å². The summed E-state index contributed by atoms with van der Waals surface area (Å²) < 4.78 is 0. The van der Waals surface area contributed by atoms with Gasteiger partial charge in [-0.25, -0.2) is 0 Å². The molecule has 0 heterocycles. The average Bonchev–Trinajstić information content (AvgIpc) is 2.84. The SMILES string of the molecule is CC(=O)C(Cc1cccc(CC(CC2CCCCC2)(C(C)=O)C(C)=O)c1)(CC1CCCCC1)C(C)=O. The number of carbonyl (C=O) groups is 4. The highest BCUT2D eigenvalue weighted by atomic mass is 16.2. The van der Waals surface area contributed by atoms with E-state index in [1.807, 2.05) is 24.3 Å². The summed E-state index contributed by atoms with van der Waals surface area (Å²) in [5.41, 5.74) is -0.123. The molecular formula is C32H46O4. The van der Waals surface area contributed by atoms with Gasteiger partial charge in [0.2, 0.25) is 0 Å². The number of carbonyl (C=O) groups excluding carboxylic acids is 4. The highest BCUT2D eigenvalue weighted by molar-refractivity contribution is 6.06. The molecule has 0 N–H and O–H groups in total. The molecule has 0 saturated heterocycles. The van der Waals surface area contributed by atoms with E-state index in [1.165, 1.54) is 38.5 Å². The van der Waals surface area contributed by atoms with E-state index in [1.54, 1.807) is 27.7 Å². The quantitative estimate of drug-likeness (QED) is 0.292. The van der Waals surface area contributed by atoms with Crippen molar-refractivity contribution in [3.63, 3.8) is 0 Å². The van der Waals surface area contributed by atoms with Crippen LogP contribution in [0.5, 0.6) is 0 Å². The van der Waals surface area contributed by atoms with Gasteiger partial charge in [0, 0.05) is 0 Å². The fraction of sp³-hybridized carbons (Fsp3) is 0.688. The fourth-order valence-corrected chi connectivity index (χ4v) is 7.03. The number of ketones is 4. The van der Waals surface area contributed by atoms with Crippen LogP contribution in [0.2, 0.25) is 0 Å². The lowest BCUT2D eigenvalue weighted by molar-refractivity contribution is -0.141. The smallest absolute Gasteiger partial charge is 0.143 e. The molecule has 0 spiro atoms. The number of benzene rings is 1. The Labute approximate surface area is 218 Å². The highest BCUT2D eigenvalue weighted by Gasteiger charge is 2.44. The molecule has 0 aromatic heterocycles. The van der Waals surface area contributed by atoms with Crippen LogP contribution in [0.3, 0.4) is 0 Å². The van der Waals surface area contributed by atoms with Crippen LogP contribution in [-0.4, -0.2) is 23.1 Å². The standard InChI is InChI=1S/C32H46O4/c1-23(33)31(24(2)34,19-27-12-7-5-8-13-27)21-29-16-11-17-30(18-29)22-32(25(3)35,26(4)36)20-28-14-9-6-10-15-28/h11,16-18,27-28H,5-10,12-15,19-22H2,1-4H3. The Morgan fingerprint density at radius 1 is 0.611 bits per heavy atom. The molecular weight excluding hydrogens is 448 g/mol. The molecule has 2 fully saturated rings. The van der Waals surface area contributed by atoms with Gasteiger partial charge in [-0.15, -0.1) is 0 Å². The van der Waals surface area contributed by atoms with Gasteiger partial charge in [0.05, 0.1) is 10.8 Å². The van der Waals surface area contributed by atoms with Gasteiger partial charge in [-0.2, -0.15) is 0 Å². The first kappa shape index (κ1) is 28.5. The second kappa shape index (κ2) is 12.4. The zero-order valence-corrected chi connectivity index (χ0v) is 23.0. The number of hydrogen-bond acceptors (Lipinski definition) is 4. The molecule has 0 aliphatic heterocycles. The van der Waals surface area contributed by atoms with Gasteiger partial charge < -0.3 is 0 Å². The molecule has 2 saturated carbocycles. The molecule has 1 aromatic rings. The Kier molecular flexibility index (Phi) is 9.83. The number of rotatable bonds is 12. The summed E-state index contributed by atoms with van der Waals surface area (Å²) in [7, 11) is 0. The molecule has 2 aliphatic carbocycles. The summed E-state index contributed by atoms with van der Waals surface area (Å²) in [6.07, 6.45) is 13.5. The van der Waals surface area contributed by atoms with E-state index in [4.69, 9.17) is 0 Å². The molecule has 0 atom stereocenters. The van der Waals surface area contributed by atoms with Crippen molar-refractivity contribution in [3.8, 4) is 0 Å². The first-order valence-electron chi connectivity index (χ1n) is 14.2. The van der Waals surface area contributed by atoms with Crippen molar-refractivity contribution in [2.45, 2.75) is 118 Å². The summed E-state index contributed by atoms with van der Waals surface area (Å²) in [6, 6.07) is 7.94. The normalized spacial score (nSPS) is 18.1. The van der Waals surface area contributed by atoms with Crippen LogP contribution in [-0.2, 0) is 32.0 Å².